The summed E-state index contributed by atoms with van der Waals surface area (Å²) in [5.41, 5.74) is 1.59. The molecule has 6 heteroatoms. The minimum absolute atomic E-state index is 0.424. The fraction of sp³-hybridized carbons (Fsp3) is 0.286. The number of carboxylic acid groups (broad SMARTS) is 1. The molecule has 2 aromatic rings. The van der Waals surface area contributed by atoms with Crippen LogP contribution < -0.4 is 0 Å². The molecule has 1 aromatic carbocycles. The number of likely N-dealkylation sites (N-methyl/N-ethyl adjacent to an activating group) is 1. The molecule has 0 aliphatic heterocycles. The van der Waals surface area contributed by atoms with Crippen LogP contribution in [0.2, 0.25) is 0 Å². The predicted octanol–water partition coefficient (Wildman–Crippen LogP) is 3.01. The van der Waals surface area contributed by atoms with E-state index in [-0.39, 0.29) is 0 Å². The lowest BCUT2D eigenvalue weighted by molar-refractivity contribution is -0.142. The molecule has 1 heterocycles. The van der Waals surface area contributed by atoms with Crippen molar-refractivity contribution in [3.8, 4) is 11.5 Å². The Balaban J connectivity index is 2.09. The fourth-order valence-electron chi connectivity index (χ4n) is 1.69. The first-order valence-electron chi connectivity index (χ1n) is 6.11. The number of carbonyl (C=O) groups is 1. The second-order valence-corrected chi connectivity index (χ2v) is 5.50. The van der Waals surface area contributed by atoms with E-state index in [1.807, 2.05) is 24.3 Å². The monoisotopic (exact) mass is 338 g/mol. The number of carboxylic acids is 1. The van der Waals surface area contributed by atoms with Crippen molar-refractivity contribution < 1.29 is 14.3 Å². The van der Waals surface area contributed by atoms with Crippen molar-refractivity contribution in [1.82, 2.24) is 9.88 Å². The Morgan fingerprint density at radius 2 is 2.10 bits per heavy atom. The molecule has 20 heavy (non-hydrogen) atoms. The van der Waals surface area contributed by atoms with Crippen LogP contribution in [-0.2, 0) is 11.3 Å². The van der Waals surface area contributed by atoms with Gasteiger partial charge in [0.15, 0.2) is 0 Å². The number of nitrogens with zero attached hydrogens (tertiary/aromatic N) is 2. The summed E-state index contributed by atoms with van der Waals surface area (Å²) < 4.78 is 6.42. The quantitative estimate of drug-likeness (QED) is 0.907. The van der Waals surface area contributed by atoms with Crippen LogP contribution in [0.4, 0.5) is 0 Å². The minimum atomic E-state index is -0.857. The van der Waals surface area contributed by atoms with E-state index in [1.54, 1.807) is 25.1 Å². The van der Waals surface area contributed by atoms with Gasteiger partial charge in [0.05, 0.1) is 5.69 Å². The molecule has 0 saturated carbocycles. The number of benzene rings is 1. The lowest BCUT2D eigenvalue weighted by atomic mass is 10.2. The summed E-state index contributed by atoms with van der Waals surface area (Å²) in [7, 11) is 1.74. The van der Waals surface area contributed by atoms with E-state index in [4.69, 9.17) is 9.52 Å². The lowest BCUT2D eigenvalue weighted by Crippen LogP contribution is -2.35. The highest BCUT2D eigenvalue weighted by molar-refractivity contribution is 9.10. The molecule has 1 unspecified atom stereocenters. The van der Waals surface area contributed by atoms with Crippen LogP contribution in [0.5, 0.6) is 0 Å². The molecule has 106 valence electrons. The first-order valence-corrected chi connectivity index (χ1v) is 6.90. The summed E-state index contributed by atoms with van der Waals surface area (Å²) in [5, 5.41) is 8.95. The smallest absolute Gasteiger partial charge is 0.320 e. The molecule has 0 amide bonds. The van der Waals surface area contributed by atoms with Gasteiger partial charge in [-0.1, -0.05) is 15.9 Å². The molecule has 1 atom stereocenters. The van der Waals surface area contributed by atoms with Gasteiger partial charge in [0.1, 0.15) is 12.3 Å². The van der Waals surface area contributed by atoms with Gasteiger partial charge in [-0.2, -0.15) is 0 Å². The Labute approximate surface area is 125 Å². The zero-order valence-electron chi connectivity index (χ0n) is 11.2. The second-order valence-electron chi connectivity index (χ2n) is 4.58. The molecule has 0 spiro atoms. The van der Waals surface area contributed by atoms with Crippen LogP contribution in [0, 0.1) is 0 Å². The molecule has 0 radical (unpaired) electrons. The van der Waals surface area contributed by atoms with Gasteiger partial charge in [-0.05, 0) is 38.2 Å². The van der Waals surface area contributed by atoms with Crippen LogP contribution in [-0.4, -0.2) is 34.0 Å². The van der Waals surface area contributed by atoms with Crippen molar-refractivity contribution in [1.29, 1.82) is 0 Å². The predicted molar refractivity (Wildman–Crippen MR) is 78.2 cm³/mol. The van der Waals surface area contributed by atoms with E-state index in [1.165, 1.54) is 0 Å². The van der Waals surface area contributed by atoms with Gasteiger partial charge >= 0.3 is 5.97 Å². The van der Waals surface area contributed by atoms with Crippen molar-refractivity contribution in [2.24, 2.45) is 0 Å². The van der Waals surface area contributed by atoms with Crippen molar-refractivity contribution in [2.45, 2.75) is 19.5 Å². The summed E-state index contributed by atoms with van der Waals surface area (Å²) >= 11 is 3.37. The highest BCUT2D eigenvalue weighted by atomic mass is 79.9. The maximum atomic E-state index is 10.9. The largest absolute Gasteiger partial charge is 0.480 e. The summed E-state index contributed by atoms with van der Waals surface area (Å²) in [6, 6.07) is 7.07. The minimum Gasteiger partial charge on any atom is -0.480 e. The molecule has 2 rings (SSSR count). The van der Waals surface area contributed by atoms with Crippen LogP contribution >= 0.6 is 15.9 Å². The number of hydrogen-bond acceptors (Lipinski definition) is 4. The van der Waals surface area contributed by atoms with E-state index in [2.05, 4.69) is 20.9 Å². The van der Waals surface area contributed by atoms with Crippen LogP contribution in [0.25, 0.3) is 11.5 Å². The van der Waals surface area contributed by atoms with Crippen molar-refractivity contribution in [3.05, 3.63) is 40.7 Å². The number of rotatable bonds is 5. The summed E-state index contributed by atoms with van der Waals surface area (Å²) in [5.74, 6) is -0.326. The van der Waals surface area contributed by atoms with E-state index in [0.717, 1.165) is 10.0 Å². The fourth-order valence-corrected chi connectivity index (χ4v) is 1.95. The molecule has 0 saturated heterocycles. The molecule has 0 aliphatic rings. The van der Waals surface area contributed by atoms with Gasteiger partial charge < -0.3 is 9.52 Å². The molecule has 0 bridgehead atoms. The number of oxazole rings is 1. The van der Waals surface area contributed by atoms with Crippen LogP contribution in [0.3, 0.4) is 0 Å². The topological polar surface area (TPSA) is 66.6 Å². The molecule has 0 aliphatic carbocycles. The Hall–Kier alpha value is -1.66. The number of hydrogen-bond donors (Lipinski definition) is 1. The number of aromatic nitrogens is 1. The van der Waals surface area contributed by atoms with E-state index < -0.39 is 12.0 Å². The zero-order chi connectivity index (χ0) is 14.7. The zero-order valence-corrected chi connectivity index (χ0v) is 12.8. The first kappa shape index (κ1) is 14.7. The van der Waals surface area contributed by atoms with Gasteiger partial charge in [0.25, 0.3) is 0 Å². The van der Waals surface area contributed by atoms with Crippen LogP contribution in [0.15, 0.2) is 39.4 Å². The second kappa shape index (κ2) is 6.19. The lowest BCUT2D eigenvalue weighted by Gasteiger charge is -2.19. The Kier molecular flexibility index (Phi) is 4.57. The number of aliphatic carboxylic acids is 1. The Morgan fingerprint density at radius 1 is 1.45 bits per heavy atom. The molecular weight excluding hydrogens is 324 g/mol. The van der Waals surface area contributed by atoms with Crippen LogP contribution in [0.1, 0.15) is 12.6 Å². The molecular formula is C14H15BrN2O3. The molecule has 1 N–H and O–H groups in total. The van der Waals surface area contributed by atoms with Gasteiger partial charge in [0.2, 0.25) is 5.89 Å². The van der Waals surface area contributed by atoms with E-state index >= 15 is 0 Å². The average Bonchev–Trinajstić information content (AvgIpc) is 2.87. The van der Waals surface area contributed by atoms with Crippen molar-refractivity contribution >= 4 is 21.9 Å². The summed E-state index contributed by atoms with van der Waals surface area (Å²) in [6.07, 6.45) is 1.56. The molecule has 1 aromatic heterocycles. The first-order chi connectivity index (χ1) is 9.47. The van der Waals surface area contributed by atoms with E-state index in [0.29, 0.717) is 18.1 Å². The van der Waals surface area contributed by atoms with Gasteiger partial charge in [-0.15, -0.1) is 0 Å². The van der Waals surface area contributed by atoms with Gasteiger partial charge in [0, 0.05) is 16.6 Å². The third-order valence-electron chi connectivity index (χ3n) is 3.07. The maximum Gasteiger partial charge on any atom is 0.320 e. The Morgan fingerprint density at radius 3 is 2.70 bits per heavy atom. The Bertz CT molecular complexity index is 595. The highest BCUT2D eigenvalue weighted by Gasteiger charge is 2.18. The highest BCUT2D eigenvalue weighted by Crippen LogP contribution is 2.21. The van der Waals surface area contributed by atoms with E-state index in [9.17, 15) is 4.79 Å². The normalized spacial score (nSPS) is 12.6. The van der Waals surface area contributed by atoms with Gasteiger partial charge in [-0.25, -0.2) is 4.98 Å². The van der Waals surface area contributed by atoms with Crippen molar-refractivity contribution in [2.75, 3.05) is 7.05 Å². The molecule has 0 fully saturated rings. The molecule has 5 nitrogen and oxygen atoms in total. The van der Waals surface area contributed by atoms with Crippen molar-refractivity contribution in [3.63, 3.8) is 0 Å². The maximum absolute atomic E-state index is 10.9. The third-order valence-corrected chi connectivity index (χ3v) is 3.60. The summed E-state index contributed by atoms with van der Waals surface area (Å²) in [6.45, 7) is 2.06. The average molecular weight is 339 g/mol. The SMILES string of the molecule is CC(C(=O)O)N(C)Cc1coc(-c2ccc(Br)cc2)n1. The van der Waals surface area contributed by atoms with Gasteiger partial charge in [-0.3, -0.25) is 9.69 Å². The standard InChI is InChI=1S/C14H15BrN2O3/c1-9(14(18)19)17(2)7-12-8-20-13(16-12)10-3-5-11(15)6-4-10/h3-6,8-9H,7H2,1-2H3,(H,18,19). The third kappa shape index (κ3) is 3.46. The summed E-state index contributed by atoms with van der Waals surface area (Å²) in [4.78, 5) is 17.0. The number of halogens is 1.